The Morgan fingerprint density at radius 1 is 1.11 bits per heavy atom. The molecule has 0 spiro atoms. The monoisotopic (exact) mass is 317 g/mol. The molecule has 19 heavy (non-hydrogen) atoms. The van der Waals surface area contributed by atoms with Gasteiger partial charge in [0.25, 0.3) is 0 Å². The SMILES string of the molecule is O=C(NOc1c(Cl)cccc1Cl)c1nccnc1Cl. The first-order valence-corrected chi connectivity index (χ1v) is 6.10. The number of hydrogen-bond donors (Lipinski definition) is 1. The topological polar surface area (TPSA) is 64.1 Å². The van der Waals surface area contributed by atoms with Gasteiger partial charge in [0.1, 0.15) is 0 Å². The Hall–Kier alpha value is -1.56. The average Bonchev–Trinajstić information content (AvgIpc) is 2.38. The number of hydrogen-bond acceptors (Lipinski definition) is 4. The van der Waals surface area contributed by atoms with E-state index in [9.17, 15) is 4.79 Å². The molecule has 98 valence electrons. The van der Waals surface area contributed by atoms with Gasteiger partial charge in [-0.1, -0.05) is 40.9 Å². The summed E-state index contributed by atoms with van der Waals surface area (Å²) in [5.41, 5.74) is 2.08. The maximum absolute atomic E-state index is 11.8. The average molecular weight is 319 g/mol. The van der Waals surface area contributed by atoms with Crippen LogP contribution in [0.15, 0.2) is 30.6 Å². The summed E-state index contributed by atoms with van der Waals surface area (Å²) < 4.78 is 0. The van der Waals surface area contributed by atoms with Crippen molar-refractivity contribution in [3.05, 3.63) is 51.5 Å². The van der Waals surface area contributed by atoms with E-state index in [1.807, 2.05) is 0 Å². The lowest BCUT2D eigenvalue weighted by molar-refractivity contribution is 0.0754. The van der Waals surface area contributed by atoms with Crippen LogP contribution in [0.25, 0.3) is 0 Å². The molecule has 0 saturated heterocycles. The van der Waals surface area contributed by atoms with Crippen LogP contribution in [0.2, 0.25) is 15.2 Å². The van der Waals surface area contributed by atoms with Crippen LogP contribution >= 0.6 is 34.8 Å². The number of carbonyl (C=O) groups excluding carboxylic acids is 1. The molecule has 1 aromatic heterocycles. The van der Waals surface area contributed by atoms with Crippen molar-refractivity contribution in [2.45, 2.75) is 0 Å². The van der Waals surface area contributed by atoms with Crippen LogP contribution in [0.1, 0.15) is 10.5 Å². The minimum Gasteiger partial charge on any atom is -0.376 e. The van der Waals surface area contributed by atoms with E-state index in [-0.39, 0.29) is 26.6 Å². The molecule has 2 rings (SSSR count). The Bertz CT molecular complexity index is 602. The molecular weight excluding hydrogens is 312 g/mol. The maximum Gasteiger partial charge on any atom is 0.305 e. The van der Waals surface area contributed by atoms with Gasteiger partial charge in [0.05, 0.1) is 10.0 Å². The first-order valence-electron chi connectivity index (χ1n) is 4.97. The van der Waals surface area contributed by atoms with Gasteiger partial charge in [-0.05, 0) is 12.1 Å². The van der Waals surface area contributed by atoms with E-state index in [0.717, 1.165) is 0 Å². The van der Waals surface area contributed by atoms with Crippen LogP contribution in [-0.2, 0) is 0 Å². The zero-order valence-corrected chi connectivity index (χ0v) is 11.5. The van der Waals surface area contributed by atoms with Gasteiger partial charge in [0.2, 0.25) is 0 Å². The van der Waals surface area contributed by atoms with E-state index in [2.05, 4.69) is 15.4 Å². The minimum atomic E-state index is -0.658. The number of benzene rings is 1. The van der Waals surface area contributed by atoms with Gasteiger partial charge in [-0.25, -0.2) is 9.97 Å². The molecule has 0 bridgehead atoms. The smallest absolute Gasteiger partial charge is 0.305 e. The molecule has 0 unspecified atom stereocenters. The highest BCUT2D eigenvalue weighted by atomic mass is 35.5. The van der Waals surface area contributed by atoms with Crippen molar-refractivity contribution in [1.29, 1.82) is 0 Å². The highest BCUT2D eigenvalue weighted by Crippen LogP contribution is 2.31. The van der Waals surface area contributed by atoms with Crippen molar-refractivity contribution < 1.29 is 9.63 Å². The molecule has 1 aromatic carbocycles. The fraction of sp³-hybridized carbons (Fsp3) is 0. The van der Waals surface area contributed by atoms with Crippen molar-refractivity contribution in [2.75, 3.05) is 0 Å². The van der Waals surface area contributed by atoms with Crippen LogP contribution < -0.4 is 10.3 Å². The molecule has 2 aromatic rings. The summed E-state index contributed by atoms with van der Waals surface area (Å²) in [7, 11) is 0. The Labute approximate surface area is 123 Å². The van der Waals surface area contributed by atoms with Gasteiger partial charge < -0.3 is 4.84 Å². The molecule has 0 aliphatic heterocycles. The predicted octanol–water partition coefficient (Wildman–Crippen LogP) is 3.16. The van der Waals surface area contributed by atoms with Gasteiger partial charge in [0.15, 0.2) is 16.6 Å². The lowest BCUT2D eigenvalue weighted by Gasteiger charge is -2.09. The second-order valence-electron chi connectivity index (χ2n) is 3.28. The lowest BCUT2D eigenvalue weighted by atomic mass is 10.3. The fourth-order valence-corrected chi connectivity index (χ4v) is 1.86. The molecule has 0 aliphatic rings. The van der Waals surface area contributed by atoms with Crippen LogP contribution in [0.4, 0.5) is 0 Å². The van der Waals surface area contributed by atoms with E-state index >= 15 is 0 Å². The van der Waals surface area contributed by atoms with E-state index < -0.39 is 5.91 Å². The number of nitrogens with one attached hydrogen (secondary N) is 1. The molecular formula is C11H6Cl3N3O2. The lowest BCUT2D eigenvalue weighted by Crippen LogP contribution is -2.28. The largest absolute Gasteiger partial charge is 0.376 e. The molecule has 0 fully saturated rings. The summed E-state index contributed by atoms with van der Waals surface area (Å²) in [6.07, 6.45) is 2.70. The van der Waals surface area contributed by atoms with Gasteiger partial charge in [-0.3, -0.25) is 4.79 Å². The summed E-state index contributed by atoms with van der Waals surface area (Å²) in [4.78, 5) is 24.3. The van der Waals surface area contributed by atoms with Crippen molar-refractivity contribution in [3.63, 3.8) is 0 Å². The minimum absolute atomic E-state index is 0.0335. The summed E-state index contributed by atoms with van der Waals surface area (Å²) in [6.45, 7) is 0. The molecule has 5 nitrogen and oxygen atoms in total. The standard InChI is InChI=1S/C11H6Cl3N3O2/c12-6-2-1-3-7(13)9(6)19-17-11(18)8-10(14)16-5-4-15-8/h1-5H,(H,17,18). The Kier molecular flexibility index (Phi) is 4.42. The second kappa shape index (κ2) is 6.06. The molecule has 0 aliphatic carbocycles. The Morgan fingerprint density at radius 3 is 2.37 bits per heavy atom. The third kappa shape index (κ3) is 3.26. The van der Waals surface area contributed by atoms with Crippen molar-refractivity contribution in [2.24, 2.45) is 0 Å². The van der Waals surface area contributed by atoms with Crippen molar-refractivity contribution in [1.82, 2.24) is 15.4 Å². The Morgan fingerprint density at radius 2 is 1.74 bits per heavy atom. The molecule has 0 atom stereocenters. The number of aromatic nitrogens is 2. The van der Waals surface area contributed by atoms with Crippen molar-refractivity contribution in [3.8, 4) is 5.75 Å². The highest BCUT2D eigenvalue weighted by molar-refractivity contribution is 6.37. The van der Waals surface area contributed by atoms with E-state index in [4.69, 9.17) is 39.6 Å². The van der Waals surface area contributed by atoms with Crippen LogP contribution in [0.3, 0.4) is 0 Å². The number of halogens is 3. The second-order valence-corrected chi connectivity index (χ2v) is 4.45. The van der Waals surface area contributed by atoms with E-state index in [1.54, 1.807) is 18.2 Å². The third-order valence-corrected chi connectivity index (χ3v) is 2.91. The number of rotatable bonds is 3. The van der Waals surface area contributed by atoms with Crippen LogP contribution in [0, 0.1) is 0 Å². The third-order valence-electron chi connectivity index (χ3n) is 2.03. The molecule has 0 radical (unpaired) electrons. The molecule has 0 saturated carbocycles. The van der Waals surface area contributed by atoms with Crippen LogP contribution in [-0.4, -0.2) is 15.9 Å². The zero-order chi connectivity index (χ0) is 13.8. The van der Waals surface area contributed by atoms with Gasteiger partial charge in [-0.2, -0.15) is 5.48 Å². The summed E-state index contributed by atoms with van der Waals surface area (Å²) in [6, 6.07) is 4.80. The number of amides is 1. The normalized spacial score (nSPS) is 10.1. The quantitative estimate of drug-likeness (QED) is 0.883. The van der Waals surface area contributed by atoms with Gasteiger partial charge in [-0.15, -0.1) is 0 Å². The number of carbonyl (C=O) groups is 1. The molecule has 1 N–H and O–H groups in total. The molecule has 1 amide bonds. The van der Waals surface area contributed by atoms with Gasteiger partial charge in [0, 0.05) is 12.4 Å². The molecule has 8 heteroatoms. The first-order chi connectivity index (χ1) is 9.09. The number of nitrogens with zero attached hydrogens (tertiary/aromatic N) is 2. The van der Waals surface area contributed by atoms with Crippen molar-refractivity contribution >= 4 is 40.7 Å². The summed E-state index contributed by atoms with van der Waals surface area (Å²) >= 11 is 17.5. The predicted molar refractivity (Wildman–Crippen MR) is 71.6 cm³/mol. The van der Waals surface area contributed by atoms with Crippen LogP contribution in [0.5, 0.6) is 5.75 Å². The van der Waals surface area contributed by atoms with E-state index in [0.29, 0.717) is 0 Å². The summed E-state index contributed by atoms with van der Waals surface area (Å²) in [5.74, 6) is -0.520. The first kappa shape index (κ1) is 13.9. The number of para-hydroxylation sites is 1. The number of hydroxylamine groups is 1. The molecule has 1 heterocycles. The fourth-order valence-electron chi connectivity index (χ4n) is 1.20. The summed E-state index contributed by atoms with van der Waals surface area (Å²) in [5, 5.41) is 0.491. The maximum atomic E-state index is 11.8. The highest BCUT2D eigenvalue weighted by Gasteiger charge is 2.15. The van der Waals surface area contributed by atoms with E-state index in [1.165, 1.54) is 12.4 Å². The Balaban J connectivity index is 2.11. The van der Waals surface area contributed by atoms with Gasteiger partial charge >= 0.3 is 5.91 Å². The zero-order valence-electron chi connectivity index (χ0n) is 9.23.